The number of aromatic nitrogens is 1. The lowest BCUT2D eigenvalue weighted by atomic mass is 10.1. The normalized spacial score (nSPS) is 11.0. The Morgan fingerprint density at radius 3 is 2.59 bits per heavy atom. The van der Waals surface area contributed by atoms with Crippen molar-refractivity contribution in [3.63, 3.8) is 0 Å². The fraction of sp³-hybridized carbons (Fsp3) is 0.176. The van der Waals surface area contributed by atoms with Gasteiger partial charge in [0.25, 0.3) is 0 Å². The number of pyridine rings is 1. The van der Waals surface area contributed by atoms with Crippen LogP contribution in [0.2, 0.25) is 5.02 Å². The fourth-order valence-electron chi connectivity index (χ4n) is 2.63. The number of carbonyl (C=O) groups excluding carboxylic acids is 1. The number of nitrogens with zero attached hydrogens (tertiary/aromatic N) is 2. The van der Waals surface area contributed by atoms with Crippen molar-refractivity contribution in [2.45, 2.75) is 6.92 Å². The highest BCUT2D eigenvalue weighted by Gasteiger charge is 2.17. The molecule has 2 aromatic carbocycles. The largest absolute Gasteiger partial charge is 0.395 e. The minimum Gasteiger partial charge on any atom is -0.395 e. The van der Waals surface area contributed by atoms with Crippen molar-refractivity contribution in [1.82, 2.24) is 4.98 Å². The molecule has 0 bridgehead atoms. The molecule has 0 spiro atoms. The Kier molecular flexibility index (Phi) is 3.96. The maximum atomic E-state index is 11.9. The molecule has 0 aliphatic rings. The first-order chi connectivity index (χ1) is 10.6. The highest BCUT2D eigenvalue weighted by molar-refractivity contribution is 6.31. The molecule has 4 nitrogen and oxygen atoms in total. The number of hydrogen-bond acceptors (Lipinski definition) is 3. The van der Waals surface area contributed by atoms with Crippen LogP contribution in [0.4, 0.5) is 5.82 Å². The lowest BCUT2D eigenvalue weighted by Crippen LogP contribution is -2.32. The fourth-order valence-corrected chi connectivity index (χ4v) is 2.80. The molecular weight excluding hydrogens is 300 g/mol. The number of fused-ring (bicyclic) bond motifs is 3. The maximum Gasteiger partial charge on any atom is 0.225 e. The summed E-state index contributed by atoms with van der Waals surface area (Å²) < 4.78 is 0. The van der Waals surface area contributed by atoms with E-state index in [9.17, 15) is 9.90 Å². The summed E-state index contributed by atoms with van der Waals surface area (Å²) in [7, 11) is 0. The van der Waals surface area contributed by atoms with E-state index < -0.39 is 0 Å². The highest BCUT2D eigenvalue weighted by atomic mass is 35.5. The van der Waals surface area contributed by atoms with Crippen LogP contribution in [0, 0.1) is 0 Å². The van der Waals surface area contributed by atoms with Gasteiger partial charge < -0.3 is 5.11 Å². The third kappa shape index (κ3) is 2.51. The van der Waals surface area contributed by atoms with Gasteiger partial charge in [0.1, 0.15) is 5.82 Å². The van der Waals surface area contributed by atoms with Gasteiger partial charge in [-0.2, -0.15) is 0 Å². The maximum absolute atomic E-state index is 11.9. The Bertz CT molecular complexity index is 864. The van der Waals surface area contributed by atoms with E-state index in [2.05, 4.69) is 4.98 Å². The molecule has 112 valence electrons. The molecule has 0 aliphatic heterocycles. The first-order valence-corrected chi connectivity index (χ1v) is 7.36. The molecule has 0 atom stereocenters. The van der Waals surface area contributed by atoms with Crippen molar-refractivity contribution < 1.29 is 9.90 Å². The lowest BCUT2D eigenvalue weighted by Gasteiger charge is -2.21. The highest BCUT2D eigenvalue weighted by Crippen LogP contribution is 2.32. The molecule has 0 radical (unpaired) electrons. The third-order valence-electron chi connectivity index (χ3n) is 3.60. The van der Waals surface area contributed by atoms with E-state index in [1.54, 1.807) is 6.07 Å². The Hall–Kier alpha value is -2.17. The van der Waals surface area contributed by atoms with Crippen molar-refractivity contribution in [1.29, 1.82) is 0 Å². The van der Waals surface area contributed by atoms with E-state index in [-0.39, 0.29) is 19.1 Å². The van der Waals surface area contributed by atoms with E-state index in [1.165, 1.54) is 11.8 Å². The summed E-state index contributed by atoms with van der Waals surface area (Å²) in [6, 6.07) is 13.2. The molecule has 1 heterocycles. The van der Waals surface area contributed by atoms with Gasteiger partial charge in [0.2, 0.25) is 5.91 Å². The number of carbonyl (C=O) groups is 1. The summed E-state index contributed by atoms with van der Waals surface area (Å²) in [6.07, 6.45) is 0. The molecule has 3 rings (SSSR count). The molecule has 5 heteroatoms. The van der Waals surface area contributed by atoms with Gasteiger partial charge in [-0.1, -0.05) is 35.9 Å². The first-order valence-electron chi connectivity index (χ1n) is 6.99. The van der Waals surface area contributed by atoms with Crippen molar-refractivity contribution in [3.8, 4) is 0 Å². The smallest absolute Gasteiger partial charge is 0.225 e. The molecule has 1 amide bonds. The second kappa shape index (κ2) is 5.91. The van der Waals surface area contributed by atoms with Crippen LogP contribution >= 0.6 is 11.6 Å². The molecule has 0 unspecified atom stereocenters. The predicted molar refractivity (Wildman–Crippen MR) is 89.4 cm³/mol. The van der Waals surface area contributed by atoms with Crippen LogP contribution in [0.5, 0.6) is 0 Å². The summed E-state index contributed by atoms with van der Waals surface area (Å²) in [5, 5.41) is 12.7. The van der Waals surface area contributed by atoms with E-state index in [0.717, 1.165) is 21.7 Å². The monoisotopic (exact) mass is 314 g/mol. The van der Waals surface area contributed by atoms with Gasteiger partial charge in [-0.15, -0.1) is 0 Å². The zero-order chi connectivity index (χ0) is 15.7. The van der Waals surface area contributed by atoms with Gasteiger partial charge in [-0.05, 0) is 23.6 Å². The second-order valence-corrected chi connectivity index (χ2v) is 5.47. The molecular formula is C17H15ClN2O2. The third-order valence-corrected chi connectivity index (χ3v) is 3.84. The number of hydrogen-bond donors (Lipinski definition) is 1. The van der Waals surface area contributed by atoms with Crippen LogP contribution in [0.3, 0.4) is 0 Å². The number of aliphatic hydroxyl groups excluding tert-OH is 1. The number of benzene rings is 2. The molecule has 0 saturated carbocycles. The van der Waals surface area contributed by atoms with Crippen LogP contribution in [-0.4, -0.2) is 29.1 Å². The minimum absolute atomic E-state index is 0.117. The van der Waals surface area contributed by atoms with Crippen LogP contribution in [0.15, 0.2) is 42.5 Å². The van der Waals surface area contributed by atoms with Crippen LogP contribution in [0.1, 0.15) is 6.92 Å². The molecule has 1 aromatic heterocycles. The van der Waals surface area contributed by atoms with E-state index in [0.29, 0.717) is 10.8 Å². The average Bonchev–Trinajstić information content (AvgIpc) is 2.52. The second-order valence-electron chi connectivity index (χ2n) is 5.04. The van der Waals surface area contributed by atoms with Gasteiger partial charge in [0.15, 0.2) is 0 Å². The topological polar surface area (TPSA) is 53.4 Å². The Morgan fingerprint density at radius 1 is 1.18 bits per heavy atom. The summed E-state index contributed by atoms with van der Waals surface area (Å²) in [6.45, 7) is 1.57. The number of halogens is 1. The number of rotatable bonds is 3. The standard InChI is InChI=1S/C17H15ClN2O2/c1-11(22)20(8-9-21)17-14-5-3-2-4-13(14)15-10-12(18)6-7-16(15)19-17/h2-7,10,21H,8-9H2,1H3. The predicted octanol–water partition coefficient (Wildman–Crippen LogP) is 3.39. The molecule has 1 N–H and O–H groups in total. The van der Waals surface area contributed by atoms with Gasteiger partial charge >= 0.3 is 0 Å². The van der Waals surface area contributed by atoms with Crippen molar-refractivity contribution >= 4 is 45.0 Å². The molecule has 0 saturated heterocycles. The van der Waals surface area contributed by atoms with E-state index in [1.807, 2.05) is 36.4 Å². The van der Waals surface area contributed by atoms with Crippen LogP contribution in [0.25, 0.3) is 21.7 Å². The zero-order valence-electron chi connectivity index (χ0n) is 12.1. The van der Waals surface area contributed by atoms with Crippen LogP contribution < -0.4 is 4.90 Å². The SMILES string of the molecule is CC(=O)N(CCO)c1nc2ccc(Cl)cc2c2ccccc12. The average molecular weight is 315 g/mol. The summed E-state index contributed by atoms with van der Waals surface area (Å²) >= 11 is 6.10. The van der Waals surface area contributed by atoms with Gasteiger partial charge in [0.05, 0.1) is 18.7 Å². The van der Waals surface area contributed by atoms with Crippen LogP contribution in [-0.2, 0) is 4.79 Å². The Morgan fingerprint density at radius 2 is 1.91 bits per heavy atom. The molecule has 0 aliphatic carbocycles. The number of amides is 1. The quantitative estimate of drug-likeness (QED) is 0.754. The van der Waals surface area contributed by atoms with E-state index in [4.69, 9.17) is 11.6 Å². The van der Waals surface area contributed by atoms with Crippen molar-refractivity contribution in [2.24, 2.45) is 0 Å². The van der Waals surface area contributed by atoms with Gasteiger partial charge in [-0.3, -0.25) is 9.69 Å². The van der Waals surface area contributed by atoms with E-state index >= 15 is 0 Å². The zero-order valence-corrected chi connectivity index (χ0v) is 12.8. The first kappa shape index (κ1) is 14.8. The Labute approximate surface area is 132 Å². The van der Waals surface area contributed by atoms with Gasteiger partial charge in [-0.25, -0.2) is 4.98 Å². The van der Waals surface area contributed by atoms with Crippen molar-refractivity contribution in [3.05, 3.63) is 47.5 Å². The molecule has 3 aromatic rings. The molecule has 22 heavy (non-hydrogen) atoms. The molecule has 0 fully saturated rings. The summed E-state index contributed by atoms with van der Waals surface area (Å²) in [5.74, 6) is 0.409. The summed E-state index contributed by atoms with van der Waals surface area (Å²) in [4.78, 5) is 18.0. The Balaban J connectivity index is 2.37. The summed E-state index contributed by atoms with van der Waals surface area (Å²) in [5.41, 5.74) is 0.766. The number of aliphatic hydroxyl groups is 1. The lowest BCUT2D eigenvalue weighted by molar-refractivity contribution is -0.116. The van der Waals surface area contributed by atoms with Gasteiger partial charge in [0, 0.05) is 22.7 Å². The van der Waals surface area contributed by atoms with Crippen molar-refractivity contribution in [2.75, 3.05) is 18.1 Å². The minimum atomic E-state index is -0.153. The number of anilines is 1.